The summed E-state index contributed by atoms with van der Waals surface area (Å²) < 4.78 is 5.27. The van der Waals surface area contributed by atoms with Crippen molar-refractivity contribution in [2.45, 2.75) is 13.5 Å². The number of hydrogen-bond donors (Lipinski definition) is 3. The number of nitrogens with two attached hydrogens (primary N) is 2. The summed E-state index contributed by atoms with van der Waals surface area (Å²) in [4.78, 5) is 16.3. The zero-order chi connectivity index (χ0) is 16.8. The van der Waals surface area contributed by atoms with Crippen LogP contribution in [-0.2, 0) is 6.54 Å². The first-order valence-electron chi connectivity index (χ1n) is 7.01. The summed E-state index contributed by atoms with van der Waals surface area (Å²) in [6.45, 7) is 2.40. The molecule has 0 aliphatic carbocycles. The molecule has 2 aromatic rings. The molecule has 0 unspecified atom stereocenters. The van der Waals surface area contributed by atoms with Crippen LogP contribution in [0.3, 0.4) is 0 Å². The summed E-state index contributed by atoms with van der Waals surface area (Å²) in [5.74, 6) is -0.341. The third kappa shape index (κ3) is 3.89. The zero-order valence-electron chi connectivity index (χ0n) is 12.7. The predicted octanol–water partition coefficient (Wildman–Crippen LogP) is 1.45. The van der Waals surface area contributed by atoms with Crippen molar-refractivity contribution in [1.29, 1.82) is 5.26 Å². The lowest BCUT2D eigenvalue weighted by Gasteiger charge is -2.10. The molecule has 23 heavy (non-hydrogen) atoms. The van der Waals surface area contributed by atoms with Crippen LogP contribution in [-0.4, -0.2) is 17.5 Å². The molecule has 5 N–H and O–H groups in total. The minimum absolute atomic E-state index is 0.0626. The Kier molecular flexibility index (Phi) is 5.00. The van der Waals surface area contributed by atoms with Gasteiger partial charge in [0.1, 0.15) is 17.3 Å². The summed E-state index contributed by atoms with van der Waals surface area (Å²) in [7, 11) is 0. The van der Waals surface area contributed by atoms with Gasteiger partial charge in [0, 0.05) is 12.2 Å². The van der Waals surface area contributed by atoms with Gasteiger partial charge in [0.2, 0.25) is 5.88 Å². The summed E-state index contributed by atoms with van der Waals surface area (Å²) in [5, 5.41) is 11.8. The highest BCUT2D eigenvalue weighted by Gasteiger charge is 2.16. The van der Waals surface area contributed by atoms with Crippen LogP contribution in [0.4, 0.5) is 11.4 Å². The molecule has 7 nitrogen and oxygen atoms in total. The fraction of sp³-hybridized carbons (Fsp3) is 0.188. The van der Waals surface area contributed by atoms with Gasteiger partial charge in [-0.25, -0.2) is 4.98 Å². The van der Waals surface area contributed by atoms with Gasteiger partial charge in [0.05, 0.1) is 12.3 Å². The fourth-order valence-electron chi connectivity index (χ4n) is 1.92. The lowest BCUT2D eigenvalue weighted by Crippen LogP contribution is -2.24. The van der Waals surface area contributed by atoms with Crippen LogP contribution >= 0.6 is 0 Å². The van der Waals surface area contributed by atoms with Gasteiger partial charge in [-0.3, -0.25) is 4.79 Å². The predicted molar refractivity (Wildman–Crippen MR) is 86.6 cm³/mol. The average molecular weight is 311 g/mol. The van der Waals surface area contributed by atoms with E-state index in [2.05, 4.69) is 10.3 Å². The van der Waals surface area contributed by atoms with Crippen molar-refractivity contribution in [3.8, 4) is 11.9 Å². The molecule has 1 aromatic heterocycles. The zero-order valence-corrected chi connectivity index (χ0v) is 12.7. The van der Waals surface area contributed by atoms with E-state index < -0.39 is 5.91 Å². The molecule has 2 rings (SSSR count). The molecule has 7 heteroatoms. The molecule has 0 aliphatic heterocycles. The summed E-state index contributed by atoms with van der Waals surface area (Å²) in [5.41, 5.74) is 13.3. The Bertz CT molecular complexity index is 750. The Labute approximate surface area is 133 Å². The van der Waals surface area contributed by atoms with Crippen LogP contribution < -0.4 is 21.5 Å². The van der Waals surface area contributed by atoms with Crippen molar-refractivity contribution < 1.29 is 9.53 Å². The molecule has 1 aromatic carbocycles. The van der Waals surface area contributed by atoms with Crippen molar-refractivity contribution >= 4 is 17.3 Å². The van der Waals surface area contributed by atoms with Gasteiger partial charge in [-0.05, 0) is 30.7 Å². The number of carbonyl (C=O) groups is 1. The number of nitriles is 1. The molecule has 1 amide bonds. The monoisotopic (exact) mass is 311 g/mol. The summed E-state index contributed by atoms with van der Waals surface area (Å²) in [6, 6.07) is 10.4. The Morgan fingerprint density at radius 1 is 1.35 bits per heavy atom. The van der Waals surface area contributed by atoms with Crippen LogP contribution in [0.15, 0.2) is 30.3 Å². The number of carbonyl (C=O) groups excluding carboxylic acids is 1. The number of nitrogens with zero attached hydrogens (tertiary/aromatic N) is 2. The highest BCUT2D eigenvalue weighted by molar-refractivity contribution is 5.93. The van der Waals surface area contributed by atoms with E-state index >= 15 is 0 Å². The minimum atomic E-state index is -0.404. The van der Waals surface area contributed by atoms with Crippen LogP contribution in [0.1, 0.15) is 28.5 Å². The highest BCUT2D eigenvalue weighted by Crippen LogP contribution is 2.22. The second kappa shape index (κ2) is 7.13. The van der Waals surface area contributed by atoms with Gasteiger partial charge in [-0.2, -0.15) is 5.26 Å². The van der Waals surface area contributed by atoms with Gasteiger partial charge in [-0.15, -0.1) is 0 Å². The van der Waals surface area contributed by atoms with Gasteiger partial charge < -0.3 is 21.5 Å². The number of pyridine rings is 1. The molecule has 0 saturated heterocycles. The van der Waals surface area contributed by atoms with E-state index in [1.807, 2.05) is 18.2 Å². The Balaban J connectivity index is 2.15. The maximum absolute atomic E-state index is 12.2. The number of anilines is 2. The number of rotatable bonds is 5. The van der Waals surface area contributed by atoms with Crippen LogP contribution in [0.25, 0.3) is 0 Å². The second-order valence-electron chi connectivity index (χ2n) is 4.75. The lowest BCUT2D eigenvalue weighted by atomic mass is 10.2. The number of amides is 1. The lowest BCUT2D eigenvalue weighted by molar-refractivity contribution is 0.0945. The Morgan fingerprint density at radius 3 is 2.65 bits per heavy atom. The summed E-state index contributed by atoms with van der Waals surface area (Å²) >= 11 is 0. The van der Waals surface area contributed by atoms with E-state index in [4.69, 9.17) is 21.5 Å². The Hall–Kier alpha value is -3.27. The molecular formula is C16H17N5O2. The fourth-order valence-corrected chi connectivity index (χ4v) is 1.92. The third-order valence-corrected chi connectivity index (χ3v) is 3.08. The van der Waals surface area contributed by atoms with Crippen molar-refractivity contribution in [1.82, 2.24) is 10.3 Å². The second-order valence-corrected chi connectivity index (χ2v) is 4.75. The summed E-state index contributed by atoms with van der Waals surface area (Å²) in [6.07, 6.45) is 0. The van der Waals surface area contributed by atoms with Crippen LogP contribution in [0.5, 0.6) is 5.88 Å². The molecule has 0 spiro atoms. The largest absolute Gasteiger partial charge is 0.477 e. The first-order valence-corrected chi connectivity index (χ1v) is 7.01. The molecule has 0 fully saturated rings. The van der Waals surface area contributed by atoms with E-state index in [1.54, 1.807) is 19.1 Å². The normalized spacial score (nSPS) is 9.91. The standard InChI is InChI=1S/C16H17N5O2/c1-2-23-16-12(8-17)13(19)7-14(21-16)15(22)20-9-10-3-5-11(18)6-4-10/h3-7H,2,9,18H2,1H3,(H2,19,21)(H,20,22). The molecule has 1 heterocycles. The van der Waals surface area contributed by atoms with Crippen molar-refractivity contribution in [3.05, 3.63) is 47.2 Å². The van der Waals surface area contributed by atoms with E-state index in [-0.39, 0.29) is 22.8 Å². The first kappa shape index (κ1) is 16.1. The van der Waals surface area contributed by atoms with Gasteiger partial charge in [0.15, 0.2) is 0 Å². The quantitative estimate of drug-likeness (QED) is 0.717. The molecule has 0 radical (unpaired) electrons. The number of nitrogen functional groups attached to an aromatic ring is 2. The number of hydrogen-bond acceptors (Lipinski definition) is 6. The maximum atomic E-state index is 12.2. The van der Waals surface area contributed by atoms with Gasteiger partial charge in [-0.1, -0.05) is 12.1 Å². The van der Waals surface area contributed by atoms with E-state index in [0.717, 1.165) is 5.56 Å². The van der Waals surface area contributed by atoms with E-state index in [9.17, 15) is 4.79 Å². The smallest absolute Gasteiger partial charge is 0.270 e. The van der Waals surface area contributed by atoms with Crippen molar-refractivity contribution in [2.75, 3.05) is 18.1 Å². The number of benzene rings is 1. The SMILES string of the molecule is CCOc1nc(C(=O)NCc2ccc(N)cc2)cc(N)c1C#N. The molecule has 0 saturated carbocycles. The van der Waals surface area contributed by atoms with E-state index in [1.165, 1.54) is 6.07 Å². The highest BCUT2D eigenvalue weighted by atomic mass is 16.5. The number of nitrogens with one attached hydrogen (secondary N) is 1. The molecule has 0 bridgehead atoms. The molecule has 118 valence electrons. The number of ether oxygens (including phenoxy) is 1. The molecular weight excluding hydrogens is 294 g/mol. The first-order chi connectivity index (χ1) is 11.0. The van der Waals surface area contributed by atoms with Crippen LogP contribution in [0.2, 0.25) is 0 Å². The third-order valence-electron chi connectivity index (χ3n) is 3.08. The van der Waals surface area contributed by atoms with Crippen LogP contribution in [0, 0.1) is 11.3 Å². The van der Waals surface area contributed by atoms with Crippen molar-refractivity contribution in [2.24, 2.45) is 0 Å². The minimum Gasteiger partial charge on any atom is -0.477 e. The van der Waals surface area contributed by atoms with Gasteiger partial charge >= 0.3 is 0 Å². The van der Waals surface area contributed by atoms with E-state index in [0.29, 0.717) is 18.8 Å². The van der Waals surface area contributed by atoms with Gasteiger partial charge in [0.25, 0.3) is 5.91 Å². The average Bonchev–Trinajstić information content (AvgIpc) is 2.54. The maximum Gasteiger partial charge on any atom is 0.270 e. The Morgan fingerprint density at radius 2 is 2.04 bits per heavy atom. The number of aromatic nitrogens is 1. The molecule has 0 atom stereocenters. The topological polar surface area (TPSA) is 127 Å². The molecule has 0 aliphatic rings. The van der Waals surface area contributed by atoms with Crippen molar-refractivity contribution in [3.63, 3.8) is 0 Å².